The van der Waals surface area contributed by atoms with Crippen LogP contribution in [0.15, 0.2) is 24.3 Å². The van der Waals surface area contributed by atoms with E-state index in [1.165, 1.54) is 0 Å². The van der Waals surface area contributed by atoms with Crippen molar-refractivity contribution in [2.75, 3.05) is 13.7 Å². The molecule has 0 saturated heterocycles. The van der Waals surface area contributed by atoms with Gasteiger partial charge in [-0.05, 0) is 25.0 Å². The summed E-state index contributed by atoms with van der Waals surface area (Å²) in [4.78, 5) is 12.4. The molecule has 2 N–H and O–H groups in total. The van der Waals surface area contributed by atoms with Crippen LogP contribution in [0.2, 0.25) is 0 Å². The number of nitrogens with two attached hydrogens (primary N) is 1. The van der Waals surface area contributed by atoms with Gasteiger partial charge >= 0.3 is 0 Å². The first-order valence-electron chi connectivity index (χ1n) is 5.61. The van der Waals surface area contributed by atoms with Gasteiger partial charge < -0.3 is 10.5 Å². The number of Topliss-reactive ketones (excluding diaryl/α,β-unsaturated/α-hetero) is 1. The second-order valence-corrected chi connectivity index (χ2v) is 4.37. The summed E-state index contributed by atoms with van der Waals surface area (Å²) in [5.74, 6) is 0.783. The molecule has 1 saturated carbocycles. The number of hydrogen-bond acceptors (Lipinski definition) is 3. The van der Waals surface area contributed by atoms with E-state index in [0.717, 1.165) is 19.3 Å². The number of carbonyl (C=O) groups excluding carboxylic acids is 1. The molecule has 1 aromatic rings. The molecule has 0 atom stereocenters. The summed E-state index contributed by atoms with van der Waals surface area (Å²) in [6.07, 6.45) is 2.90. The van der Waals surface area contributed by atoms with Crippen molar-refractivity contribution in [3.05, 3.63) is 29.8 Å². The fraction of sp³-hybridized carbons (Fsp3) is 0.462. The first-order valence-corrected chi connectivity index (χ1v) is 5.61. The molecule has 0 unspecified atom stereocenters. The monoisotopic (exact) mass is 219 g/mol. The number of hydrogen-bond donors (Lipinski definition) is 1. The topological polar surface area (TPSA) is 52.3 Å². The molecule has 1 aliphatic carbocycles. The van der Waals surface area contributed by atoms with Gasteiger partial charge in [-0.1, -0.05) is 18.6 Å². The standard InChI is InChI=1S/C13H17NO2/c1-16-11-6-3-2-5-10(11)12(15)13(9-14)7-4-8-13/h2-3,5-6H,4,7-9,14H2,1H3. The van der Waals surface area contributed by atoms with Crippen molar-refractivity contribution < 1.29 is 9.53 Å². The fourth-order valence-corrected chi connectivity index (χ4v) is 2.25. The molecule has 0 amide bonds. The van der Waals surface area contributed by atoms with Crippen LogP contribution >= 0.6 is 0 Å². The molecule has 0 bridgehead atoms. The zero-order valence-electron chi connectivity index (χ0n) is 9.53. The van der Waals surface area contributed by atoms with Crippen LogP contribution in [0.1, 0.15) is 29.6 Å². The van der Waals surface area contributed by atoms with Gasteiger partial charge in [0.05, 0.1) is 12.7 Å². The highest BCUT2D eigenvalue weighted by Crippen LogP contribution is 2.43. The largest absolute Gasteiger partial charge is 0.496 e. The van der Waals surface area contributed by atoms with Gasteiger partial charge in [0.2, 0.25) is 0 Å². The molecule has 0 aromatic heterocycles. The number of ether oxygens (including phenoxy) is 1. The molecule has 3 heteroatoms. The molecule has 1 aromatic carbocycles. The van der Waals surface area contributed by atoms with Crippen LogP contribution in [0.5, 0.6) is 5.75 Å². The lowest BCUT2D eigenvalue weighted by atomic mass is 9.64. The van der Waals surface area contributed by atoms with Crippen molar-refractivity contribution >= 4 is 5.78 Å². The quantitative estimate of drug-likeness (QED) is 0.788. The van der Waals surface area contributed by atoms with Crippen molar-refractivity contribution in [1.82, 2.24) is 0 Å². The molecular weight excluding hydrogens is 202 g/mol. The number of methoxy groups -OCH3 is 1. The molecule has 86 valence electrons. The minimum atomic E-state index is -0.325. The van der Waals surface area contributed by atoms with Crippen LogP contribution < -0.4 is 10.5 Å². The highest BCUT2D eigenvalue weighted by atomic mass is 16.5. The van der Waals surface area contributed by atoms with Crippen LogP contribution in [-0.2, 0) is 0 Å². The number of rotatable bonds is 4. The van der Waals surface area contributed by atoms with Crippen molar-refractivity contribution in [3.8, 4) is 5.75 Å². The highest BCUT2D eigenvalue weighted by Gasteiger charge is 2.43. The fourth-order valence-electron chi connectivity index (χ4n) is 2.25. The van der Waals surface area contributed by atoms with Crippen LogP contribution in [0.4, 0.5) is 0 Å². The summed E-state index contributed by atoms with van der Waals surface area (Å²) in [5, 5.41) is 0. The average molecular weight is 219 g/mol. The Labute approximate surface area is 95.6 Å². The number of para-hydroxylation sites is 1. The minimum Gasteiger partial charge on any atom is -0.496 e. The summed E-state index contributed by atoms with van der Waals surface area (Å²) < 4.78 is 5.21. The average Bonchev–Trinajstić information content (AvgIpc) is 2.28. The molecule has 0 spiro atoms. The van der Waals surface area contributed by atoms with E-state index in [0.29, 0.717) is 17.9 Å². The Hall–Kier alpha value is -1.35. The predicted molar refractivity (Wildman–Crippen MR) is 62.7 cm³/mol. The van der Waals surface area contributed by atoms with Gasteiger partial charge in [0.25, 0.3) is 0 Å². The Balaban J connectivity index is 2.33. The van der Waals surface area contributed by atoms with Gasteiger partial charge in [0.1, 0.15) is 5.75 Å². The smallest absolute Gasteiger partial charge is 0.173 e. The van der Waals surface area contributed by atoms with E-state index in [9.17, 15) is 4.79 Å². The summed E-state index contributed by atoms with van der Waals surface area (Å²) in [6, 6.07) is 7.36. The number of benzene rings is 1. The summed E-state index contributed by atoms with van der Waals surface area (Å²) in [7, 11) is 1.59. The maximum absolute atomic E-state index is 12.4. The van der Waals surface area contributed by atoms with Gasteiger partial charge in [0, 0.05) is 12.0 Å². The van der Waals surface area contributed by atoms with Crippen molar-refractivity contribution in [1.29, 1.82) is 0 Å². The van der Waals surface area contributed by atoms with Crippen molar-refractivity contribution in [2.24, 2.45) is 11.1 Å². The molecule has 1 aliphatic rings. The van der Waals surface area contributed by atoms with Gasteiger partial charge in [-0.2, -0.15) is 0 Å². The molecule has 1 fully saturated rings. The zero-order valence-corrected chi connectivity index (χ0v) is 9.53. The highest BCUT2D eigenvalue weighted by molar-refractivity contribution is 6.03. The van der Waals surface area contributed by atoms with Crippen molar-refractivity contribution in [3.63, 3.8) is 0 Å². The molecule has 0 aliphatic heterocycles. The van der Waals surface area contributed by atoms with Crippen LogP contribution in [0, 0.1) is 5.41 Å². The zero-order chi connectivity index (χ0) is 11.6. The first-order chi connectivity index (χ1) is 7.73. The van der Waals surface area contributed by atoms with E-state index in [-0.39, 0.29) is 11.2 Å². The lowest BCUT2D eigenvalue weighted by Crippen LogP contribution is -2.44. The second kappa shape index (κ2) is 4.26. The van der Waals surface area contributed by atoms with Gasteiger partial charge in [0.15, 0.2) is 5.78 Å². The van der Waals surface area contributed by atoms with E-state index < -0.39 is 0 Å². The SMILES string of the molecule is COc1ccccc1C(=O)C1(CN)CCC1. The van der Waals surface area contributed by atoms with Crippen LogP contribution in [0.3, 0.4) is 0 Å². The maximum Gasteiger partial charge on any atom is 0.173 e. The third-order valence-corrected chi connectivity index (χ3v) is 3.53. The van der Waals surface area contributed by atoms with E-state index in [1.807, 2.05) is 24.3 Å². The minimum absolute atomic E-state index is 0.138. The van der Waals surface area contributed by atoms with Crippen LogP contribution in [-0.4, -0.2) is 19.4 Å². The van der Waals surface area contributed by atoms with E-state index in [4.69, 9.17) is 10.5 Å². The Morgan fingerprint density at radius 1 is 1.44 bits per heavy atom. The van der Waals surface area contributed by atoms with Gasteiger partial charge in [-0.3, -0.25) is 4.79 Å². The predicted octanol–water partition coefficient (Wildman–Crippen LogP) is 2.01. The first kappa shape index (κ1) is 11.1. The Bertz CT molecular complexity index is 391. The lowest BCUT2D eigenvalue weighted by molar-refractivity contribution is 0.0632. The third kappa shape index (κ3) is 1.61. The van der Waals surface area contributed by atoms with Crippen LogP contribution in [0.25, 0.3) is 0 Å². The maximum atomic E-state index is 12.4. The molecule has 0 radical (unpaired) electrons. The molecule has 3 nitrogen and oxygen atoms in total. The van der Waals surface area contributed by atoms with Crippen molar-refractivity contribution in [2.45, 2.75) is 19.3 Å². The summed E-state index contributed by atoms with van der Waals surface area (Å²) in [5.41, 5.74) is 6.07. The Morgan fingerprint density at radius 3 is 2.62 bits per heavy atom. The van der Waals surface area contributed by atoms with Gasteiger partial charge in [-0.25, -0.2) is 0 Å². The number of carbonyl (C=O) groups is 1. The molecule has 2 rings (SSSR count). The second-order valence-electron chi connectivity index (χ2n) is 4.37. The normalized spacial score (nSPS) is 17.6. The van der Waals surface area contributed by atoms with E-state index >= 15 is 0 Å². The number of ketones is 1. The van der Waals surface area contributed by atoms with Gasteiger partial charge in [-0.15, -0.1) is 0 Å². The lowest BCUT2D eigenvalue weighted by Gasteiger charge is -2.39. The van der Waals surface area contributed by atoms with E-state index in [2.05, 4.69) is 0 Å². The molecule has 0 heterocycles. The molecule has 16 heavy (non-hydrogen) atoms. The van der Waals surface area contributed by atoms with E-state index in [1.54, 1.807) is 7.11 Å². The third-order valence-electron chi connectivity index (χ3n) is 3.53. The molecular formula is C13H17NO2. The summed E-state index contributed by atoms with van der Waals surface area (Å²) >= 11 is 0. The Morgan fingerprint density at radius 2 is 2.12 bits per heavy atom. The summed E-state index contributed by atoms with van der Waals surface area (Å²) in [6.45, 7) is 0.434. The Kier molecular flexibility index (Phi) is 2.97.